The molecule has 1 rings (SSSR count). The van der Waals surface area contributed by atoms with E-state index in [0.717, 1.165) is 16.7 Å². The lowest BCUT2D eigenvalue weighted by Crippen LogP contribution is -2.43. The van der Waals surface area contributed by atoms with Crippen molar-refractivity contribution in [1.82, 2.24) is 5.32 Å². The molecule has 4 nitrogen and oxygen atoms in total. The van der Waals surface area contributed by atoms with Crippen LogP contribution in [-0.2, 0) is 10.2 Å². The molecule has 0 aromatic heterocycles. The highest BCUT2D eigenvalue weighted by atomic mass is 16.4. The summed E-state index contributed by atoms with van der Waals surface area (Å²) >= 11 is 0. The van der Waals surface area contributed by atoms with Crippen molar-refractivity contribution in [1.29, 1.82) is 0 Å². The predicted molar refractivity (Wildman–Crippen MR) is 77.3 cm³/mol. The Morgan fingerprint density at radius 3 is 2.37 bits per heavy atom. The molecule has 1 aromatic rings. The van der Waals surface area contributed by atoms with Crippen LogP contribution in [0.25, 0.3) is 0 Å². The second-order valence-corrected chi connectivity index (χ2v) is 5.95. The van der Waals surface area contributed by atoms with Crippen molar-refractivity contribution in [3.05, 3.63) is 34.9 Å². The number of nitrogens with one attached hydrogen (secondary N) is 1. The Morgan fingerprint density at radius 2 is 1.95 bits per heavy atom. The summed E-state index contributed by atoms with van der Waals surface area (Å²) in [5, 5.41) is 11.9. The van der Waals surface area contributed by atoms with Crippen LogP contribution in [0.4, 0.5) is 0 Å². The van der Waals surface area contributed by atoms with Gasteiger partial charge in [0.15, 0.2) is 0 Å². The number of aryl methyl sites for hydroxylation is 1. The summed E-state index contributed by atoms with van der Waals surface area (Å²) < 4.78 is 0. The van der Waals surface area contributed by atoms with E-state index in [-0.39, 0.29) is 5.41 Å². The monoisotopic (exact) mass is 264 g/mol. The Kier molecular flexibility index (Phi) is 4.71. The van der Waals surface area contributed by atoms with Gasteiger partial charge in [0.2, 0.25) is 0 Å². The highest BCUT2D eigenvalue weighted by Gasteiger charge is 2.27. The quantitative estimate of drug-likeness (QED) is 0.777. The summed E-state index contributed by atoms with van der Waals surface area (Å²) in [7, 11) is 1.61. The number of carbonyl (C=O) groups is 1. The largest absolute Gasteiger partial charge is 0.480 e. The summed E-state index contributed by atoms with van der Waals surface area (Å²) in [5.74, 6) is -0.935. The zero-order valence-electron chi connectivity index (χ0n) is 12.3. The molecule has 0 aliphatic heterocycles. The molecule has 0 bridgehead atoms. The lowest BCUT2D eigenvalue weighted by Gasteiger charge is -2.25. The molecule has 0 aliphatic rings. The van der Waals surface area contributed by atoms with Gasteiger partial charge in [-0.15, -0.1) is 0 Å². The Labute approximate surface area is 115 Å². The number of carboxylic acid groups (broad SMARTS) is 1. The molecular weight excluding hydrogens is 240 g/mol. The molecule has 0 saturated heterocycles. The minimum absolute atomic E-state index is 0.0144. The Morgan fingerprint density at radius 1 is 1.37 bits per heavy atom. The fourth-order valence-electron chi connectivity index (χ4n) is 2.10. The maximum absolute atomic E-state index is 11.2. The van der Waals surface area contributed by atoms with E-state index in [2.05, 4.69) is 32.2 Å². The van der Waals surface area contributed by atoms with Crippen LogP contribution in [0.5, 0.6) is 0 Å². The van der Waals surface area contributed by atoms with Crippen LogP contribution in [-0.4, -0.2) is 24.2 Å². The van der Waals surface area contributed by atoms with E-state index in [1.165, 1.54) is 0 Å². The van der Waals surface area contributed by atoms with Gasteiger partial charge in [0.05, 0.1) is 6.04 Å². The van der Waals surface area contributed by atoms with E-state index >= 15 is 0 Å². The van der Waals surface area contributed by atoms with Crippen molar-refractivity contribution >= 4 is 5.97 Å². The third-order valence-electron chi connectivity index (χ3n) is 3.44. The van der Waals surface area contributed by atoms with E-state index in [1.807, 2.05) is 19.1 Å². The molecular formula is C15H24N2O2. The lowest BCUT2D eigenvalue weighted by molar-refractivity contribution is -0.139. The smallest absolute Gasteiger partial charge is 0.322 e. The molecule has 0 spiro atoms. The molecule has 4 heteroatoms. The van der Waals surface area contributed by atoms with Crippen molar-refractivity contribution in [2.45, 2.75) is 45.2 Å². The fraction of sp³-hybridized carbons (Fsp3) is 0.533. The molecule has 0 saturated carbocycles. The van der Waals surface area contributed by atoms with Crippen LogP contribution in [0.2, 0.25) is 0 Å². The van der Waals surface area contributed by atoms with Gasteiger partial charge in [0.25, 0.3) is 0 Å². The molecule has 2 atom stereocenters. The van der Waals surface area contributed by atoms with Crippen molar-refractivity contribution in [2.24, 2.45) is 5.73 Å². The number of carboxylic acids is 1. The summed E-state index contributed by atoms with van der Waals surface area (Å²) in [6.45, 7) is 8.33. The maximum atomic E-state index is 11.2. The minimum Gasteiger partial charge on any atom is -0.480 e. The van der Waals surface area contributed by atoms with Gasteiger partial charge in [-0.3, -0.25) is 4.79 Å². The second kappa shape index (κ2) is 5.72. The van der Waals surface area contributed by atoms with Gasteiger partial charge in [0, 0.05) is 0 Å². The highest BCUT2D eigenvalue weighted by molar-refractivity contribution is 5.75. The number of hydrogen-bond donors (Lipinski definition) is 3. The lowest BCUT2D eigenvalue weighted by atomic mass is 9.83. The molecule has 0 aliphatic carbocycles. The first-order valence-corrected chi connectivity index (χ1v) is 6.45. The summed E-state index contributed by atoms with van der Waals surface area (Å²) in [6.07, 6.45) is 0. The van der Waals surface area contributed by atoms with Crippen molar-refractivity contribution in [3.8, 4) is 0 Å². The van der Waals surface area contributed by atoms with Crippen LogP contribution in [0, 0.1) is 6.92 Å². The van der Waals surface area contributed by atoms with Gasteiger partial charge < -0.3 is 16.2 Å². The Bertz CT molecular complexity index is 464. The van der Waals surface area contributed by atoms with Crippen LogP contribution >= 0.6 is 0 Å². The molecule has 0 fully saturated rings. The van der Waals surface area contributed by atoms with Gasteiger partial charge in [-0.25, -0.2) is 0 Å². The minimum atomic E-state index is -0.935. The summed E-state index contributed by atoms with van der Waals surface area (Å²) in [5.41, 5.74) is 9.19. The maximum Gasteiger partial charge on any atom is 0.322 e. The fourth-order valence-corrected chi connectivity index (χ4v) is 2.10. The first-order chi connectivity index (χ1) is 8.68. The van der Waals surface area contributed by atoms with Crippen LogP contribution < -0.4 is 11.1 Å². The molecule has 2 unspecified atom stereocenters. The second-order valence-electron chi connectivity index (χ2n) is 5.95. The molecule has 19 heavy (non-hydrogen) atoms. The van der Waals surface area contributed by atoms with Crippen LogP contribution in [0.3, 0.4) is 0 Å². The number of benzene rings is 1. The van der Waals surface area contributed by atoms with Crippen molar-refractivity contribution in [3.63, 3.8) is 0 Å². The van der Waals surface area contributed by atoms with Gasteiger partial charge in [-0.1, -0.05) is 39.0 Å². The van der Waals surface area contributed by atoms with Gasteiger partial charge in [0.1, 0.15) is 6.04 Å². The third kappa shape index (κ3) is 3.55. The van der Waals surface area contributed by atoms with Crippen LogP contribution in [0.1, 0.15) is 43.5 Å². The molecule has 1 aromatic carbocycles. The average Bonchev–Trinajstić information content (AvgIpc) is 2.28. The standard InChI is InChI=1S/C15H24N2O2/c1-9-6-7-10(15(2,3)4)8-11(9)12(16)13(17-5)14(18)19/h6-8,12-13,17H,16H2,1-5H3,(H,18,19). The zero-order valence-corrected chi connectivity index (χ0v) is 12.3. The topological polar surface area (TPSA) is 75.3 Å². The number of hydrogen-bond acceptors (Lipinski definition) is 3. The number of rotatable bonds is 4. The van der Waals surface area contributed by atoms with E-state index in [4.69, 9.17) is 5.73 Å². The Balaban J connectivity index is 3.22. The predicted octanol–water partition coefficient (Wildman–Crippen LogP) is 1.96. The normalized spacial score (nSPS) is 15.1. The SMILES string of the molecule is CNC(C(=O)O)C(N)c1cc(C(C)(C)C)ccc1C. The van der Waals surface area contributed by atoms with Crippen molar-refractivity contribution in [2.75, 3.05) is 7.05 Å². The zero-order chi connectivity index (χ0) is 14.8. The van der Waals surface area contributed by atoms with E-state index in [0.29, 0.717) is 0 Å². The molecule has 0 amide bonds. The van der Waals surface area contributed by atoms with Crippen molar-refractivity contribution < 1.29 is 9.90 Å². The molecule has 0 radical (unpaired) electrons. The number of aliphatic carboxylic acids is 1. The van der Waals surface area contributed by atoms with E-state index < -0.39 is 18.1 Å². The first-order valence-electron chi connectivity index (χ1n) is 6.45. The molecule has 0 heterocycles. The average molecular weight is 264 g/mol. The third-order valence-corrected chi connectivity index (χ3v) is 3.44. The molecule has 4 N–H and O–H groups in total. The first kappa shape index (κ1) is 15.7. The van der Waals surface area contributed by atoms with E-state index in [9.17, 15) is 9.90 Å². The van der Waals surface area contributed by atoms with Gasteiger partial charge in [-0.05, 0) is 36.1 Å². The van der Waals surface area contributed by atoms with E-state index in [1.54, 1.807) is 7.05 Å². The Hall–Kier alpha value is -1.39. The summed E-state index contributed by atoms with van der Waals surface area (Å²) in [4.78, 5) is 11.2. The van der Waals surface area contributed by atoms with Gasteiger partial charge in [-0.2, -0.15) is 0 Å². The molecule has 106 valence electrons. The number of likely N-dealkylation sites (N-methyl/N-ethyl adjacent to an activating group) is 1. The highest BCUT2D eigenvalue weighted by Crippen LogP contribution is 2.27. The van der Waals surface area contributed by atoms with Crippen LogP contribution in [0.15, 0.2) is 18.2 Å². The van der Waals surface area contributed by atoms with Gasteiger partial charge >= 0.3 is 5.97 Å². The number of nitrogens with two attached hydrogens (primary N) is 1. The summed E-state index contributed by atoms with van der Waals surface area (Å²) in [6, 6.07) is 4.75.